The van der Waals surface area contributed by atoms with Gasteiger partial charge >= 0.3 is 6.01 Å². The third-order valence-corrected chi connectivity index (χ3v) is 6.56. The number of hydrogen-bond donors (Lipinski definition) is 2. The summed E-state index contributed by atoms with van der Waals surface area (Å²) in [5.74, 6) is 1.57. The molecule has 1 aliphatic heterocycles. The first-order valence-corrected chi connectivity index (χ1v) is 10.6. The third-order valence-electron chi connectivity index (χ3n) is 6.56. The molecule has 6 heteroatoms. The second-order valence-electron chi connectivity index (χ2n) is 9.71. The summed E-state index contributed by atoms with van der Waals surface area (Å²) in [6.07, 6.45) is 5.45. The minimum absolute atomic E-state index is 0.0495. The second-order valence-corrected chi connectivity index (χ2v) is 9.71. The summed E-state index contributed by atoms with van der Waals surface area (Å²) in [6.45, 7) is 6.60. The van der Waals surface area contributed by atoms with Crippen molar-refractivity contribution in [2.24, 2.45) is 16.3 Å². The summed E-state index contributed by atoms with van der Waals surface area (Å²) in [4.78, 5) is 22.8. The van der Waals surface area contributed by atoms with Crippen LogP contribution in [-0.4, -0.2) is 22.3 Å². The van der Waals surface area contributed by atoms with Gasteiger partial charge in [-0.2, -0.15) is 4.98 Å². The highest BCUT2D eigenvalue weighted by molar-refractivity contribution is 6.04. The molecular weight excluding hydrogens is 364 g/mol. The molecule has 2 aromatic rings. The first-order valence-electron chi connectivity index (χ1n) is 10.6. The van der Waals surface area contributed by atoms with Gasteiger partial charge in [0.05, 0.1) is 5.54 Å². The lowest BCUT2D eigenvalue weighted by Crippen LogP contribution is -2.50. The van der Waals surface area contributed by atoms with Crippen molar-refractivity contribution in [3.05, 3.63) is 35.5 Å². The lowest BCUT2D eigenvalue weighted by Gasteiger charge is -2.45. The van der Waals surface area contributed by atoms with Crippen LogP contribution in [0.1, 0.15) is 59.3 Å². The predicted molar refractivity (Wildman–Crippen MR) is 114 cm³/mol. The molecule has 0 saturated heterocycles. The third kappa shape index (κ3) is 3.24. The van der Waals surface area contributed by atoms with E-state index >= 15 is 0 Å². The Balaban J connectivity index is 1.52. The van der Waals surface area contributed by atoms with Crippen LogP contribution in [0.4, 0.5) is 6.01 Å². The highest BCUT2D eigenvalue weighted by atomic mass is 16.4. The van der Waals surface area contributed by atoms with Crippen molar-refractivity contribution < 1.29 is 9.21 Å². The maximum atomic E-state index is 13.2. The van der Waals surface area contributed by atoms with Crippen LogP contribution in [0.15, 0.2) is 44.9 Å². The molecule has 1 saturated carbocycles. The number of guanidine groups is 1. The van der Waals surface area contributed by atoms with Gasteiger partial charge in [0.15, 0.2) is 11.4 Å². The Morgan fingerprint density at radius 3 is 2.69 bits per heavy atom. The Morgan fingerprint density at radius 2 is 1.93 bits per heavy atom. The molecule has 0 unspecified atom stereocenters. The Bertz CT molecular complexity index is 1010. The molecule has 1 aromatic carbocycles. The number of nitrogens with zero attached hydrogens (tertiary/aromatic N) is 2. The van der Waals surface area contributed by atoms with E-state index in [-0.39, 0.29) is 11.2 Å². The molecule has 2 aliphatic carbocycles. The van der Waals surface area contributed by atoms with Gasteiger partial charge in [0.1, 0.15) is 5.52 Å². The number of aliphatic imine (C=N–C) groups is 1. The number of oxazole rings is 1. The minimum Gasteiger partial charge on any atom is -0.423 e. The average molecular weight is 393 g/mol. The highest BCUT2D eigenvalue weighted by Gasteiger charge is 2.48. The minimum atomic E-state index is -0.422. The molecule has 0 bridgehead atoms. The van der Waals surface area contributed by atoms with Gasteiger partial charge in [0, 0.05) is 17.7 Å². The number of carbonyl (C=O) groups excluding carboxylic acids is 1. The van der Waals surface area contributed by atoms with Crippen molar-refractivity contribution in [1.29, 1.82) is 0 Å². The maximum absolute atomic E-state index is 13.2. The first kappa shape index (κ1) is 18.4. The molecular formula is C23H28N4O2. The number of Topliss-reactive ketones (excluding diaryl/α,β-unsaturated/α-hetero) is 1. The van der Waals surface area contributed by atoms with Crippen molar-refractivity contribution in [2.45, 2.75) is 64.8 Å². The molecule has 3 aliphatic rings. The Morgan fingerprint density at radius 1 is 1.17 bits per heavy atom. The smallest absolute Gasteiger partial charge is 0.302 e. The molecule has 6 nitrogen and oxygen atoms in total. The monoisotopic (exact) mass is 392 g/mol. The van der Waals surface area contributed by atoms with Crippen molar-refractivity contribution in [2.75, 3.05) is 5.32 Å². The Hall–Kier alpha value is -2.63. The van der Waals surface area contributed by atoms with E-state index in [4.69, 9.17) is 9.41 Å². The van der Waals surface area contributed by atoms with E-state index in [1.165, 1.54) is 0 Å². The molecule has 0 amide bonds. The van der Waals surface area contributed by atoms with Gasteiger partial charge in [-0.15, -0.1) is 0 Å². The molecule has 2 heterocycles. The van der Waals surface area contributed by atoms with Gasteiger partial charge in [-0.1, -0.05) is 32.9 Å². The normalized spacial score (nSPS) is 28.9. The molecule has 1 fully saturated rings. The number of nitrogens with one attached hydrogen (secondary N) is 2. The quantitative estimate of drug-likeness (QED) is 0.729. The number of allylic oxidation sites excluding steroid dienone is 1. The van der Waals surface area contributed by atoms with Gasteiger partial charge in [-0.25, -0.2) is 4.99 Å². The zero-order valence-corrected chi connectivity index (χ0v) is 17.3. The summed E-state index contributed by atoms with van der Waals surface area (Å²) in [5.41, 5.74) is 3.02. The van der Waals surface area contributed by atoms with Crippen LogP contribution >= 0.6 is 0 Å². The fourth-order valence-electron chi connectivity index (χ4n) is 5.10. The number of fused-ring (bicyclic) bond motifs is 2. The lowest BCUT2D eigenvalue weighted by atomic mass is 9.65. The number of para-hydroxylation sites is 2. The molecule has 2 N–H and O–H groups in total. The first-order chi connectivity index (χ1) is 13.8. The van der Waals surface area contributed by atoms with Crippen molar-refractivity contribution in [1.82, 2.24) is 10.3 Å². The molecule has 1 aromatic heterocycles. The van der Waals surface area contributed by atoms with E-state index in [1.807, 2.05) is 24.3 Å². The summed E-state index contributed by atoms with van der Waals surface area (Å²) in [5, 5.41) is 6.66. The second kappa shape index (κ2) is 6.44. The van der Waals surface area contributed by atoms with Gasteiger partial charge in [-0.3, -0.25) is 10.1 Å². The largest absolute Gasteiger partial charge is 0.423 e. The van der Waals surface area contributed by atoms with Crippen molar-refractivity contribution in [3.63, 3.8) is 0 Å². The summed E-state index contributed by atoms with van der Waals surface area (Å²) < 4.78 is 5.84. The van der Waals surface area contributed by atoms with Gasteiger partial charge in [0.2, 0.25) is 5.96 Å². The number of hydrogen-bond acceptors (Lipinski definition) is 6. The van der Waals surface area contributed by atoms with Crippen LogP contribution in [0.3, 0.4) is 0 Å². The Kier molecular flexibility index (Phi) is 4.09. The highest BCUT2D eigenvalue weighted by Crippen LogP contribution is 2.48. The molecule has 152 valence electrons. The predicted octanol–water partition coefficient (Wildman–Crippen LogP) is 4.79. The topological polar surface area (TPSA) is 79.5 Å². The number of benzene rings is 1. The van der Waals surface area contributed by atoms with Crippen LogP contribution < -0.4 is 10.6 Å². The maximum Gasteiger partial charge on any atom is 0.302 e. The zero-order valence-electron chi connectivity index (χ0n) is 17.3. The van der Waals surface area contributed by atoms with E-state index in [0.717, 1.165) is 54.5 Å². The van der Waals surface area contributed by atoms with Crippen LogP contribution in [0.5, 0.6) is 0 Å². The van der Waals surface area contributed by atoms with Crippen LogP contribution in [-0.2, 0) is 4.79 Å². The van der Waals surface area contributed by atoms with Crippen LogP contribution in [0.25, 0.3) is 11.1 Å². The number of anilines is 1. The van der Waals surface area contributed by atoms with Crippen molar-refractivity contribution >= 4 is 28.9 Å². The molecule has 0 atom stereocenters. The summed E-state index contributed by atoms with van der Waals surface area (Å²) in [7, 11) is 0. The van der Waals surface area contributed by atoms with E-state index in [0.29, 0.717) is 24.3 Å². The van der Waals surface area contributed by atoms with E-state index < -0.39 is 5.54 Å². The number of aromatic nitrogens is 1. The number of carbonyl (C=O) groups is 1. The van der Waals surface area contributed by atoms with Crippen molar-refractivity contribution in [3.8, 4) is 0 Å². The molecule has 29 heavy (non-hydrogen) atoms. The van der Waals surface area contributed by atoms with Gasteiger partial charge < -0.3 is 9.73 Å². The summed E-state index contributed by atoms with van der Waals surface area (Å²) >= 11 is 0. The van der Waals surface area contributed by atoms with E-state index in [2.05, 4.69) is 36.4 Å². The SMILES string of the molecule is CC1CCC2(CC1)N=C(Nc1nc3ccccc3o1)NC1=C2C(=O)CC(C)(C)C1. The fourth-order valence-corrected chi connectivity index (χ4v) is 5.10. The average Bonchev–Trinajstić information content (AvgIpc) is 3.04. The number of ketones is 1. The number of rotatable bonds is 1. The van der Waals surface area contributed by atoms with Gasteiger partial charge in [-0.05, 0) is 55.6 Å². The standard InChI is InChI=1S/C23H28N4O2/c1-14-8-10-23(11-9-14)19-16(12-22(2,3)13-17(19)28)24-20(27-23)26-21-25-15-6-4-5-7-18(15)29-21/h4-7,14H,8-13H2,1-3H3,(H2,24,25,26,27). The lowest BCUT2D eigenvalue weighted by molar-refractivity contribution is -0.119. The van der Waals surface area contributed by atoms with Crippen LogP contribution in [0.2, 0.25) is 0 Å². The molecule has 5 rings (SSSR count). The Labute approximate surface area is 170 Å². The van der Waals surface area contributed by atoms with Gasteiger partial charge in [0.25, 0.3) is 0 Å². The zero-order chi connectivity index (χ0) is 20.2. The fraction of sp³-hybridized carbons (Fsp3) is 0.522. The van der Waals surface area contributed by atoms with Crippen LogP contribution in [0, 0.1) is 11.3 Å². The summed E-state index contributed by atoms with van der Waals surface area (Å²) in [6, 6.07) is 8.11. The van der Waals surface area contributed by atoms with E-state index in [1.54, 1.807) is 0 Å². The molecule has 1 spiro atoms. The molecule has 0 radical (unpaired) electrons. The van der Waals surface area contributed by atoms with E-state index in [9.17, 15) is 4.79 Å².